The third kappa shape index (κ3) is 4.89. The van der Waals surface area contributed by atoms with E-state index >= 15 is 0 Å². The van der Waals surface area contributed by atoms with Crippen LogP contribution in [0.15, 0.2) is 47.4 Å². The number of sulfonamides is 1. The summed E-state index contributed by atoms with van der Waals surface area (Å²) >= 11 is 7.28. The molecule has 0 bridgehead atoms. The van der Waals surface area contributed by atoms with Crippen LogP contribution >= 0.6 is 22.9 Å². The van der Waals surface area contributed by atoms with Crippen molar-refractivity contribution >= 4 is 49.0 Å². The largest absolute Gasteiger partial charge is 0.490 e. The van der Waals surface area contributed by atoms with Crippen LogP contribution in [-0.4, -0.2) is 58.2 Å². The lowest BCUT2D eigenvalue weighted by molar-refractivity contribution is 0.0456. The molecule has 0 N–H and O–H groups in total. The molecule has 1 aliphatic rings. The van der Waals surface area contributed by atoms with E-state index in [1.165, 1.54) is 34.6 Å². The minimum Gasteiger partial charge on any atom is -0.490 e. The number of fused-ring (bicyclic) bond motifs is 1. The molecule has 1 saturated heterocycles. The summed E-state index contributed by atoms with van der Waals surface area (Å²) < 4.78 is 56.5. The average Bonchev–Trinajstić information content (AvgIpc) is 3.13. The summed E-state index contributed by atoms with van der Waals surface area (Å²) in [5.41, 5.74) is 0. The van der Waals surface area contributed by atoms with Crippen LogP contribution in [0.3, 0.4) is 0 Å². The van der Waals surface area contributed by atoms with Gasteiger partial charge in [0.15, 0.2) is 0 Å². The van der Waals surface area contributed by atoms with Gasteiger partial charge in [-0.1, -0.05) is 11.6 Å². The Morgan fingerprint density at radius 3 is 2.56 bits per heavy atom. The van der Waals surface area contributed by atoms with Gasteiger partial charge in [-0.2, -0.15) is 4.31 Å². The van der Waals surface area contributed by atoms with Crippen molar-refractivity contribution in [1.82, 2.24) is 4.31 Å². The first-order valence-corrected chi connectivity index (χ1v) is 12.3. The zero-order valence-electron chi connectivity index (χ0n) is 16.8. The highest BCUT2D eigenvalue weighted by atomic mass is 35.5. The fourth-order valence-electron chi connectivity index (χ4n) is 3.17. The molecule has 0 unspecified atom stereocenters. The van der Waals surface area contributed by atoms with Crippen LogP contribution in [0.4, 0.5) is 4.39 Å². The Morgan fingerprint density at radius 1 is 1.12 bits per heavy atom. The highest BCUT2D eigenvalue weighted by Gasteiger charge is 2.26. The zero-order chi connectivity index (χ0) is 22.7. The molecular weight excluding hydrogens is 481 g/mol. The van der Waals surface area contributed by atoms with Crippen molar-refractivity contribution in [3.05, 3.63) is 58.2 Å². The van der Waals surface area contributed by atoms with Crippen LogP contribution in [0, 0.1) is 5.82 Å². The van der Waals surface area contributed by atoms with E-state index in [4.69, 9.17) is 25.8 Å². The summed E-state index contributed by atoms with van der Waals surface area (Å²) in [4.78, 5) is 12.7. The Kier molecular flexibility index (Phi) is 6.96. The first-order chi connectivity index (χ1) is 15.4. The molecule has 0 amide bonds. The fourth-order valence-corrected chi connectivity index (χ4v) is 6.01. The number of morpholine rings is 1. The third-order valence-corrected chi connectivity index (χ3v) is 8.34. The first kappa shape index (κ1) is 22.9. The van der Waals surface area contributed by atoms with Crippen molar-refractivity contribution in [1.29, 1.82) is 0 Å². The van der Waals surface area contributed by atoms with Crippen molar-refractivity contribution in [3.63, 3.8) is 0 Å². The predicted octanol–water partition coefficient (Wildman–Crippen LogP) is 3.95. The summed E-state index contributed by atoms with van der Waals surface area (Å²) in [5, 5.41) is 0.821. The van der Waals surface area contributed by atoms with E-state index in [0.717, 1.165) is 11.3 Å². The Hall–Kier alpha value is -2.24. The predicted molar refractivity (Wildman–Crippen MR) is 119 cm³/mol. The zero-order valence-corrected chi connectivity index (χ0v) is 19.1. The van der Waals surface area contributed by atoms with Crippen LogP contribution in [0.2, 0.25) is 5.02 Å². The molecule has 4 rings (SSSR count). The molecule has 0 aliphatic carbocycles. The molecule has 7 nitrogen and oxygen atoms in total. The quantitative estimate of drug-likeness (QED) is 0.361. The lowest BCUT2D eigenvalue weighted by atomic mass is 10.2. The highest BCUT2D eigenvalue weighted by Crippen LogP contribution is 2.36. The third-order valence-electron chi connectivity index (χ3n) is 4.79. The number of halogens is 2. The van der Waals surface area contributed by atoms with Crippen molar-refractivity contribution in [2.75, 3.05) is 39.5 Å². The number of carbonyl (C=O) groups excluding carboxylic acids is 1. The SMILES string of the molecule is O=C(OCCOc1ccc(S(=O)(=O)N2CCOCC2)cc1)c1sc2cc(F)ccc2c1Cl. The number of hydrogen-bond donors (Lipinski definition) is 0. The van der Waals surface area contributed by atoms with Gasteiger partial charge < -0.3 is 14.2 Å². The van der Waals surface area contributed by atoms with E-state index in [1.54, 1.807) is 12.1 Å². The molecule has 0 radical (unpaired) electrons. The molecule has 2 heterocycles. The van der Waals surface area contributed by atoms with Gasteiger partial charge in [0.1, 0.15) is 29.7 Å². The number of hydrogen-bond acceptors (Lipinski definition) is 7. The van der Waals surface area contributed by atoms with Gasteiger partial charge in [-0.3, -0.25) is 0 Å². The molecular formula is C21H19ClFNO6S2. The molecule has 11 heteroatoms. The Labute approximate surface area is 193 Å². The summed E-state index contributed by atoms with van der Waals surface area (Å²) in [6.07, 6.45) is 0. The molecule has 1 aliphatic heterocycles. The van der Waals surface area contributed by atoms with Gasteiger partial charge in [-0.05, 0) is 42.5 Å². The first-order valence-electron chi connectivity index (χ1n) is 9.72. The second-order valence-corrected chi connectivity index (χ2v) is 10.2. The van der Waals surface area contributed by atoms with Crippen molar-refractivity contribution in [2.45, 2.75) is 4.90 Å². The maximum absolute atomic E-state index is 13.4. The van der Waals surface area contributed by atoms with E-state index in [-0.39, 0.29) is 28.0 Å². The summed E-state index contributed by atoms with van der Waals surface area (Å²) in [5.74, 6) is -0.586. The molecule has 1 aromatic heterocycles. The van der Waals surface area contributed by atoms with Gasteiger partial charge in [-0.25, -0.2) is 17.6 Å². The number of thiophene rings is 1. The Balaban J connectivity index is 1.30. The van der Waals surface area contributed by atoms with Gasteiger partial charge in [0.2, 0.25) is 10.0 Å². The molecule has 1 fully saturated rings. The number of carbonyl (C=O) groups is 1. The van der Waals surface area contributed by atoms with E-state index in [0.29, 0.717) is 42.1 Å². The van der Waals surface area contributed by atoms with Crippen LogP contribution in [-0.2, 0) is 19.5 Å². The maximum atomic E-state index is 13.4. The van der Waals surface area contributed by atoms with Crippen LogP contribution in [0.5, 0.6) is 5.75 Å². The fraction of sp³-hybridized carbons (Fsp3) is 0.286. The minimum atomic E-state index is -3.57. The van der Waals surface area contributed by atoms with E-state index in [1.807, 2.05) is 0 Å². The number of benzene rings is 2. The molecule has 170 valence electrons. The minimum absolute atomic E-state index is 0.0361. The van der Waals surface area contributed by atoms with Gasteiger partial charge in [-0.15, -0.1) is 11.3 Å². The molecule has 3 aromatic rings. The van der Waals surface area contributed by atoms with Gasteiger partial charge in [0.05, 0.1) is 23.1 Å². The Morgan fingerprint density at radius 2 is 1.84 bits per heavy atom. The maximum Gasteiger partial charge on any atom is 0.350 e. The van der Waals surface area contributed by atoms with E-state index in [2.05, 4.69) is 0 Å². The molecule has 0 saturated carbocycles. The highest BCUT2D eigenvalue weighted by molar-refractivity contribution is 7.89. The average molecular weight is 500 g/mol. The van der Waals surface area contributed by atoms with Crippen molar-refractivity contribution < 1.29 is 31.8 Å². The Bertz CT molecular complexity index is 1220. The monoisotopic (exact) mass is 499 g/mol. The van der Waals surface area contributed by atoms with Crippen LogP contribution in [0.1, 0.15) is 9.67 Å². The van der Waals surface area contributed by atoms with Crippen LogP contribution in [0.25, 0.3) is 10.1 Å². The summed E-state index contributed by atoms with van der Waals surface area (Å²) in [6.45, 7) is 1.44. The normalized spacial score (nSPS) is 15.1. The van der Waals surface area contributed by atoms with E-state index in [9.17, 15) is 17.6 Å². The smallest absolute Gasteiger partial charge is 0.350 e. The lowest BCUT2D eigenvalue weighted by Gasteiger charge is -2.26. The molecule has 0 atom stereocenters. The second-order valence-electron chi connectivity index (χ2n) is 6.86. The van der Waals surface area contributed by atoms with Gasteiger partial charge in [0.25, 0.3) is 0 Å². The second kappa shape index (κ2) is 9.72. The number of rotatable bonds is 7. The number of nitrogens with zero attached hydrogens (tertiary/aromatic N) is 1. The molecule has 2 aromatic carbocycles. The topological polar surface area (TPSA) is 82.1 Å². The summed E-state index contributed by atoms with van der Waals surface area (Å²) in [6, 6.07) is 10.2. The number of esters is 1. The van der Waals surface area contributed by atoms with Crippen molar-refractivity contribution in [3.8, 4) is 5.75 Å². The standard InChI is InChI=1S/C21H19ClFNO6S2/c22-19-17-6-1-14(23)13-18(17)31-20(19)21(25)30-12-11-29-15-2-4-16(5-3-15)32(26,27)24-7-9-28-10-8-24/h1-6,13H,7-12H2. The summed E-state index contributed by atoms with van der Waals surface area (Å²) in [7, 11) is -3.57. The lowest BCUT2D eigenvalue weighted by Crippen LogP contribution is -2.40. The van der Waals surface area contributed by atoms with Gasteiger partial charge in [0, 0.05) is 23.2 Å². The molecule has 0 spiro atoms. The van der Waals surface area contributed by atoms with Crippen molar-refractivity contribution in [2.24, 2.45) is 0 Å². The number of ether oxygens (including phenoxy) is 3. The van der Waals surface area contributed by atoms with Crippen LogP contribution < -0.4 is 4.74 Å². The molecule has 32 heavy (non-hydrogen) atoms. The van der Waals surface area contributed by atoms with Gasteiger partial charge >= 0.3 is 5.97 Å². The van der Waals surface area contributed by atoms with E-state index < -0.39 is 21.8 Å².